The lowest BCUT2D eigenvalue weighted by atomic mass is 9.63. The first-order valence-electron chi connectivity index (χ1n) is 17.2. The minimum atomic E-state index is -1.09. The molecule has 2 aliphatic rings. The third-order valence-electron chi connectivity index (χ3n) is 10.3. The summed E-state index contributed by atoms with van der Waals surface area (Å²) in [5.74, 6) is -1.52. The quantitative estimate of drug-likeness (QED) is 0.120. The lowest BCUT2D eigenvalue weighted by molar-refractivity contribution is -0.118. The van der Waals surface area contributed by atoms with Crippen molar-refractivity contribution in [3.8, 4) is 16.9 Å². The highest BCUT2D eigenvalue weighted by molar-refractivity contribution is 6.31. The van der Waals surface area contributed by atoms with E-state index in [1.807, 2.05) is 42.7 Å². The van der Waals surface area contributed by atoms with Gasteiger partial charge >= 0.3 is 5.97 Å². The number of carboxylic acids is 1. The van der Waals surface area contributed by atoms with Crippen LogP contribution in [0.1, 0.15) is 60.2 Å². The molecular weight excluding hydrogens is 697 g/mol. The molecule has 52 heavy (non-hydrogen) atoms. The fourth-order valence-corrected chi connectivity index (χ4v) is 8.58. The first-order chi connectivity index (χ1) is 24.9. The van der Waals surface area contributed by atoms with Crippen molar-refractivity contribution in [3.63, 3.8) is 0 Å². The number of rotatable bonds is 9. The SMILES string of the molecule is COc1cc(C(=O)O)ccc1NC(=O)[C@@H]1NC(CC(C)(C)C)[C@@]2(CN(Cc3ccc(-c4cn[nH]c4)cc3)c3ccc(Cl)cc32)[C@H]1c1ccccc1Cl. The summed E-state index contributed by atoms with van der Waals surface area (Å²) in [5, 5.41) is 24.6. The van der Waals surface area contributed by atoms with Crippen molar-refractivity contribution in [1.82, 2.24) is 15.5 Å². The minimum Gasteiger partial charge on any atom is -0.495 e. The van der Waals surface area contributed by atoms with Gasteiger partial charge in [-0.2, -0.15) is 5.10 Å². The summed E-state index contributed by atoms with van der Waals surface area (Å²) in [4.78, 5) is 28.8. The van der Waals surface area contributed by atoms with Crippen LogP contribution in [0.25, 0.3) is 11.1 Å². The molecule has 4 aromatic carbocycles. The normalized spacial score (nSPS) is 21.0. The number of fused-ring (bicyclic) bond motifs is 2. The van der Waals surface area contributed by atoms with Crippen molar-refractivity contribution in [2.45, 2.75) is 57.2 Å². The maximum atomic E-state index is 14.7. The number of H-pyrrole nitrogens is 1. The Morgan fingerprint density at radius 3 is 2.46 bits per heavy atom. The number of aromatic amines is 1. The van der Waals surface area contributed by atoms with E-state index >= 15 is 0 Å². The van der Waals surface area contributed by atoms with Crippen LogP contribution in [0.2, 0.25) is 10.0 Å². The number of anilines is 2. The number of carboxylic acid groups (broad SMARTS) is 1. The molecule has 0 radical (unpaired) electrons. The van der Waals surface area contributed by atoms with Gasteiger partial charge in [0.25, 0.3) is 0 Å². The molecule has 0 saturated carbocycles. The zero-order valence-corrected chi connectivity index (χ0v) is 30.9. The van der Waals surface area contributed by atoms with Crippen LogP contribution in [-0.4, -0.2) is 52.9 Å². The lowest BCUT2D eigenvalue weighted by Gasteiger charge is -2.40. The number of carbonyl (C=O) groups excluding carboxylic acids is 1. The van der Waals surface area contributed by atoms with Gasteiger partial charge in [0.2, 0.25) is 5.91 Å². The number of carbonyl (C=O) groups is 2. The van der Waals surface area contributed by atoms with Crippen molar-refractivity contribution in [3.05, 3.63) is 130 Å². The van der Waals surface area contributed by atoms with E-state index in [-0.39, 0.29) is 28.7 Å². The molecular formula is C41H41Cl2N5O4. The fourth-order valence-electron chi connectivity index (χ4n) is 8.16. The average molecular weight is 739 g/mol. The molecule has 1 fully saturated rings. The number of methoxy groups -OCH3 is 1. The number of hydrogen-bond acceptors (Lipinski definition) is 6. The molecule has 1 saturated heterocycles. The summed E-state index contributed by atoms with van der Waals surface area (Å²) in [6.07, 6.45) is 4.45. The Morgan fingerprint density at radius 2 is 1.79 bits per heavy atom. The predicted octanol–water partition coefficient (Wildman–Crippen LogP) is 8.55. The van der Waals surface area contributed by atoms with Crippen LogP contribution in [0, 0.1) is 5.41 Å². The van der Waals surface area contributed by atoms with E-state index in [0.29, 0.717) is 28.8 Å². The number of ether oxygens (including phenoxy) is 1. The van der Waals surface area contributed by atoms with E-state index in [1.165, 1.54) is 19.2 Å². The van der Waals surface area contributed by atoms with Gasteiger partial charge in [-0.25, -0.2) is 4.79 Å². The van der Waals surface area contributed by atoms with Gasteiger partial charge in [-0.05, 0) is 76.6 Å². The topological polar surface area (TPSA) is 120 Å². The maximum Gasteiger partial charge on any atom is 0.335 e. The second-order valence-corrected chi connectivity index (χ2v) is 15.8. The first kappa shape index (κ1) is 35.6. The number of halogens is 2. The molecule has 1 amide bonds. The van der Waals surface area contributed by atoms with Gasteiger partial charge in [0.05, 0.1) is 30.6 Å². The maximum absolute atomic E-state index is 14.7. The summed E-state index contributed by atoms with van der Waals surface area (Å²) in [6, 6.07) is 25.9. The van der Waals surface area contributed by atoms with Gasteiger partial charge in [-0.1, -0.05) is 86.4 Å². The van der Waals surface area contributed by atoms with Crippen LogP contribution >= 0.6 is 23.2 Å². The minimum absolute atomic E-state index is 0.0580. The first-order valence-corrected chi connectivity index (χ1v) is 18.0. The second kappa shape index (κ2) is 14.0. The number of aromatic carboxylic acids is 1. The van der Waals surface area contributed by atoms with Crippen LogP contribution in [0.4, 0.5) is 11.4 Å². The molecule has 9 nitrogen and oxygen atoms in total. The average Bonchev–Trinajstić information content (AvgIpc) is 3.83. The number of benzene rings is 4. The molecule has 0 bridgehead atoms. The summed E-state index contributed by atoms with van der Waals surface area (Å²) >= 11 is 13.9. The van der Waals surface area contributed by atoms with Gasteiger partial charge in [-0.15, -0.1) is 0 Å². The van der Waals surface area contributed by atoms with E-state index in [0.717, 1.165) is 39.9 Å². The monoisotopic (exact) mass is 737 g/mol. The molecule has 2 aliphatic heterocycles. The van der Waals surface area contributed by atoms with Gasteiger partial charge in [-0.3, -0.25) is 9.89 Å². The van der Waals surface area contributed by atoms with Crippen molar-refractivity contribution < 1.29 is 19.4 Å². The number of nitrogens with zero attached hydrogens (tertiary/aromatic N) is 2. The second-order valence-electron chi connectivity index (χ2n) is 14.9. The van der Waals surface area contributed by atoms with Gasteiger partial charge in [0.15, 0.2) is 0 Å². The van der Waals surface area contributed by atoms with E-state index in [1.54, 1.807) is 6.07 Å². The highest BCUT2D eigenvalue weighted by Crippen LogP contribution is 2.59. The molecule has 7 rings (SSSR count). The van der Waals surface area contributed by atoms with Gasteiger partial charge < -0.3 is 25.4 Å². The Hall–Kier alpha value is -4.83. The van der Waals surface area contributed by atoms with E-state index in [9.17, 15) is 14.7 Å². The smallest absolute Gasteiger partial charge is 0.335 e. The van der Waals surface area contributed by atoms with Crippen LogP contribution in [0.15, 0.2) is 97.3 Å². The number of amides is 1. The standard InChI is InChI=1S/C41H41Cl2N5O4/c1-40(2,3)19-35-41(23-48(33-16-14-28(42)18-30(33)41)22-24-9-11-25(12-10-24)27-20-44-45-21-27)36(29-7-5-6-8-31(29)43)37(47-35)38(49)46-32-15-13-26(39(50)51)17-34(32)52-4/h5-18,20-21,35-37,47H,19,22-23H2,1-4H3,(H,44,45)(H,46,49)(H,50,51)/t35?,36-,37+,41-/m0/s1. The lowest BCUT2D eigenvalue weighted by Crippen LogP contribution is -2.48. The Morgan fingerprint density at radius 1 is 1.02 bits per heavy atom. The van der Waals surface area contributed by atoms with E-state index in [4.69, 9.17) is 27.9 Å². The van der Waals surface area contributed by atoms with Crippen molar-refractivity contribution in [1.29, 1.82) is 0 Å². The molecule has 1 spiro atoms. The zero-order chi connectivity index (χ0) is 36.8. The fraction of sp³-hybridized carbons (Fsp3) is 0.293. The Kier molecular flexibility index (Phi) is 9.54. The van der Waals surface area contributed by atoms with Crippen LogP contribution in [0.3, 0.4) is 0 Å². The summed E-state index contributed by atoms with van der Waals surface area (Å²) in [5.41, 5.74) is 5.94. The van der Waals surface area contributed by atoms with E-state index < -0.39 is 23.3 Å². The van der Waals surface area contributed by atoms with Crippen LogP contribution in [0.5, 0.6) is 5.75 Å². The summed E-state index contributed by atoms with van der Waals surface area (Å²) < 4.78 is 5.52. The highest BCUT2D eigenvalue weighted by Gasteiger charge is 2.62. The Balaban J connectivity index is 1.34. The molecule has 3 heterocycles. The van der Waals surface area contributed by atoms with Crippen LogP contribution < -0.4 is 20.3 Å². The molecule has 1 unspecified atom stereocenters. The molecule has 1 aromatic heterocycles. The molecule has 4 atom stereocenters. The molecule has 4 N–H and O–H groups in total. The summed E-state index contributed by atoms with van der Waals surface area (Å²) in [7, 11) is 1.45. The largest absolute Gasteiger partial charge is 0.495 e. The van der Waals surface area contributed by atoms with Gasteiger partial charge in [0, 0.05) is 58.0 Å². The van der Waals surface area contributed by atoms with Crippen molar-refractivity contribution in [2.24, 2.45) is 5.41 Å². The predicted molar refractivity (Wildman–Crippen MR) is 206 cm³/mol. The van der Waals surface area contributed by atoms with Crippen molar-refractivity contribution in [2.75, 3.05) is 23.9 Å². The third kappa shape index (κ3) is 6.64. The zero-order valence-electron chi connectivity index (χ0n) is 29.4. The van der Waals surface area contributed by atoms with Crippen molar-refractivity contribution >= 4 is 46.5 Å². The highest BCUT2D eigenvalue weighted by atomic mass is 35.5. The summed E-state index contributed by atoms with van der Waals surface area (Å²) in [6.45, 7) is 7.88. The van der Waals surface area contributed by atoms with Gasteiger partial charge in [0.1, 0.15) is 5.75 Å². The number of hydrogen-bond donors (Lipinski definition) is 4. The molecule has 268 valence electrons. The number of nitrogens with one attached hydrogen (secondary N) is 3. The van der Waals surface area contributed by atoms with Crippen LogP contribution in [-0.2, 0) is 16.8 Å². The number of aromatic nitrogens is 2. The molecule has 11 heteroatoms. The Bertz CT molecular complexity index is 2110. The third-order valence-corrected chi connectivity index (χ3v) is 10.9. The van der Waals surface area contributed by atoms with E-state index in [2.05, 4.69) is 82.9 Å². The molecule has 0 aliphatic carbocycles. The molecule has 5 aromatic rings. The Labute approximate surface area is 313 Å².